The lowest BCUT2D eigenvalue weighted by Crippen LogP contribution is -2.39. The Labute approximate surface area is 237 Å². The molecule has 0 bridgehead atoms. The Bertz CT molecular complexity index is 1770. The number of anilines is 2. The Morgan fingerprint density at radius 3 is 2.44 bits per heavy atom. The van der Waals surface area contributed by atoms with E-state index < -0.39 is 17.4 Å². The van der Waals surface area contributed by atoms with Crippen LogP contribution >= 0.6 is 0 Å². The fraction of sp³-hybridized carbons (Fsp3) is 0.242. The number of nitriles is 1. The largest absolute Gasteiger partial charge is 0.325 e. The van der Waals surface area contributed by atoms with Crippen molar-refractivity contribution in [3.8, 4) is 6.07 Å². The molecule has 8 heteroatoms. The van der Waals surface area contributed by atoms with Crippen LogP contribution in [0.5, 0.6) is 0 Å². The third kappa shape index (κ3) is 5.39. The first kappa shape index (κ1) is 27.5. The van der Waals surface area contributed by atoms with Gasteiger partial charge in [-0.2, -0.15) is 5.26 Å². The van der Waals surface area contributed by atoms with Gasteiger partial charge in [-0.3, -0.25) is 19.2 Å². The molecular formula is C33H30N4O4. The first-order valence-corrected chi connectivity index (χ1v) is 13.7. The average molecular weight is 547 g/mol. The molecule has 206 valence electrons. The maximum absolute atomic E-state index is 14.0. The highest BCUT2D eigenvalue weighted by molar-refractivity contribution is 6.11. The zero-order valence-corrected chi connectivity index (χ0v) is 23.0. The summed E-state index contributed by atoms with van der Waals surface area (Å²) in [6.07, 6.45) is 1.61. The summed E-state index contributed by atoms with van der Waals surface area (Å²) >= 11 is 0. The van der Waals surface area contributed by atoms with Crippen LogP contribution in [-0.2, 0) is 17.6 Å². The second-order valence-electron chi connectivity index (χ2n) is 10.2. The number of carbonyl (C=O) groups excluding carboxylic acids is 3. The highest BCUT2D eigenvalue weighted by Gasteiger charge is 2.28. The molecule has 41 heavy (non-hydrogen) atoms. The molecule has 4 aromatic rings. The molecule has 1 atom stereocenters. The SMILES string of the molecule is CCC(=O)Nc1cccc2c1cc(C(=O)N(CC)c1ccccc1)c(=O)n2C(=O)CC1Cc2ccc(C#N)cc2C1. The van der Waals surface area contributed by atoms with Gasteiger partial charge in [0.1, 0.15) is 5.56 Å². The van der Waals surface area contributed by atoms with Gasteiger partial charge in [0.05, 0.1) is 22.8 Å². The molecule has 2 amide bonds. The minimum Gasteiger partial charge on any atom is -0.325 e. The summed E-state index contributed by atoms with van der Waals surface area (Å²) in [4.78, 5) is 55.5. The van der Waals surface area contributed by atoms with Gasteiger partial charge in [0.25, 0.3) is 11.5 Å². The van der Waals surface area contributed by atoms with Crippen LogP contribution < -0.4 is 15.8 Å². The molecule has 0 radical (unpaired) electrons. The van der Waals surface area contributed by atoms with Gasteiger partial charge < -0.3 is 10.2 Å². The van der Waals surface area contributed by atoms with E-state index in [0.717, 1.165) is 15.7 Å². The number of pyridine rings is 1. The van der Waals surface area contributed by atoms with Crippen LogP contribution in [0.2, 0.25) is 0 Å². The van der Waals surface area contributed by atoms with Gasteiger partial charge >= 0.3 is 0 Å². The lowest BCUT2D eigenvalue weighted by molar-refractivity contribution is -0.115. The molecule has 0 spiro atoms. The van der Waals surface area contributed by atoms with Crippen LogP contribution in [-0.4, -0.2) is 28.8 Å². The van der Waals surface area contributed by atoms with Crippen molar-refractivity contribution in [1.29, 1.82) is 5.26 Å². The van der Waals surface area contributed by atoms with Crippen molar-refractivity contribution in [2.24, 2.45) is 5.92 Å². The highest BCUT2D eigenvalue weighted by Crippen LogP contribution is 2.31. The van der Waals surface area contributed by atoms with Crippen molar-refractivity contribution in [3.05, 3.63) is 105 Å². The van der Waals surface area contributed by atoms with Crippen molar-refractivity contribution < 1.29 is 14.4 Å². The summed E-state index contributed by atoms with van der Waals surface area (Å²) in [5, 5.41) is 12.5. The maximum Gasteiger partial charge on any atom is 0.270 e. The van der Waals surface area contributed by atoms with E-state index in [1.54, 1.807) is 43.3 Å². The third-order valence-electron chi connectivity index (χ3n) is 7.57. The smallest absolute Gasteiger partial charge is 0.270 e. The van der Waals surface area contributed by atoms with Crippen molar-refractivity contribution in [1.82, 2.24) is 4.57 Å². The van der Waals surface area contributed by atoms with Crippen molar-refractivity contribution in [2.75, 3.05) is 16.8 Å². The second-order valence-corrected chi connectivity index (χ2v) is 10.2. The molecule has 3 aromatic carbocycles. The Balaban J connectivity index is 1.59. The zero-order valence-electron chi connectivity index (χ0n) is 23.0. The lowest BCUT2D eigenvalue weighted by Gasteiger charge is -2.22. The number of aromatic nitrogens is 1. The molecule has 1 unspecified atom stereocenters. The molecule has 0 saturated carbocycles. The molecule has 1 heterocycles. The summed E-state index contributed by atoms with van der Waals surface area (Å²) in [6.45, 7) is 3.86. The van der Waals surface area contributed by atoms with Crippen LogP contribution in [0.4, 0.5) is 11.4 Å². The van der Waals surface area contributed by atoms with Crippen molar-refractivity contribution >= 4 is 40.0 Å². The highest BCUT2D eigenvalue weighted by atomic mass is 16.2. The van der Waals surface area contributed by atoms with Crippen LogP contribution in [0.1, 0.15) is 58.5 Å². The lowest BCUT2D eigenvalue weighted by atomic mass is 10.0. The van der Waals surface area contributed by atoms with Gasteiger partial charge in [-0.15, -0.1) is 0 Å². The number of para-hydroxylation sites is 1. The van der Waals surface area contributed by atoms with Crippen LogP contribution in [0.15, 0.2) is 77.6 Å². The van der Waals surface area contributed by atoms with Crippen molar-refractivity contribution in [2.45, 2.75) is 39.5 Å². The Hall–Kier alpha value is -5.03. The summed E-state index contributed by atoms with van der Waals surface area (Å²) in [5.74, 6) is -1.22. The second kappa shape index (κ2) is 11.6. The number of amides is 2. The molecular weight excluding hydrogens is 516 g/mol. The summed E-state index contributed by atoms with van der Waals surface area (Å²) in [6, 6.07) is 23.2. The molecule has 0 aliphatic heterocycles. The number of rotatable bonds is 7. The molecule has 1 aliphatic carbocycles. The number of hydrogen-bond acceptors (Lipinski definition) is 5. The van der Waals surface area contributed by atoms with Gasteiger partial charge in [-0.25, -0.2) is 4.57 Å². The summed E-state index contributed by atoms with van der Waals surface area (Å²) in [5.41, 5.74) is 3.24. The standard InChI is InChI=1S/C33H30N4O4/c1-3-30(38)35-28-11-8-12-29-26(28)19-27(32(40)36(4-2)25-9-6-5-7-10-25)33(41)37(29)31(39)18-22-16-23-14-13-21(20-34)15-24(23)17-22/h5-15,19,22H,3-4,16-18H2,1-2H3,(H,35,38). The van der Waals surface area contributed by atoms with E-state index in [1.807, 2.05) is 37.3 Å². The summed E-state index contributed by atoms with van der Waals surface area (Å²) in [7, 11) is 0. The van der Waals surface area contributed by atoms with Crippen LogP contribution in [0.25, 0.3) is 10.9 Å². The molecule has 0 saturated heterocycles. The van der Waals surface area contributed by atoms with Crippen LogP contribution in [0.3, 0.4) is 0 Å². The molecule has 1 aromatic heterocycles. The topological polar surface area (TPSA) is 112 Å². The van der Waals surface area contributed by atoms with E-state index in [0.29, 0.717) is 47.2 Å². The number of hydrogen-bond donors (Lipinski definition) is 1. The molecule has 5 rings (SSSR count). The number of nitrogens with zero attached hydrogens (tertiary/aromatic N) is 3. The maximum atomic E-state index is 14.0. The molecule has 8 nitrogen and oxygen atoms in total. The first-order chi connectivity index (χ1) is 19.8. The minimum atomic E-state index is -0.692. The van der Waals surface area contributed by atoms with E-state index in [1.165, 1.54) is 11.0 Å². The molecule has 1 N–H and O–H groups in total. The van der Waals surface area contributed by atoms with Gasteiger partial charge in [0, 0.05) is 30.5 Å². The van der Waals surface area contributed by atoms with Gasteiger partial charge in [0.2, 0.25) is 11.8 Å². The number of fused-ring (bicyclic) bond motifs is 2. The Morgan fingerprint density at radius 1 is 0.976 bits per heavy atom. The molecule has 0 fully saturated rings. The first-order valence-electron chi connectivity index (χ1n) is 13.7. The van der Waals surface area contributed by atoms with Gasteiger partial charge in [-0.1, -0.05) is 37.3 Å². The number of carbonyl (C=O) groups is 3. The minimum absolute atomic E-state index is 0.0489. The predicted octanol–water partition coefficient (Wildman–Crippen LogP) is 5.33. The normalized spacial score (nSPS) is 13.8. The number of benzene rings is 3. The molecule has 1 aliphatic rings. The van der Waals surface area contributed by atoms with Crippen molar-refractivity contribution in [3.63, 3.8) is 0 Å². The fourth-order valence-corrected chi connectivity index (χ4v) is 5.54. The van der Waals surface area contributed by atoms with Crippen LogP contribution in [0, 0.1) is 17.2 Å². The average Bonchev–Trinajstić information content (AvgIpc) is 3.39. The van der Waals surface area contributed by atoms with E-state index in [4.69, 9.17) is 0 Å². The zero-order chi connectivity index (χ0) is 29.1. The summed E-state index contributed by atoms with van der Waals surface area (Å²) < 4.78 is 1.09. The monoisotopic (exact) mass is 546 g/mol. The number of nitrogens with one attached hydrogen (secondary N) is 1. The van der Waals surface area contributed by atoms with E-state index in [9.17, 15) is 24.4 Å². The predicted molar refractivity (Wildman–Crippen MR) is 158 cm³/mol. The van der Waals surface area contributed by atoms with E-state index >= 15 is 0 Å². The third-order valence-corrected chi connectivity index (χ3v) is 7.57. The van der Waals surface area contributed by atoms with Gasteiger partial charge in [0.15, 0.2) is 0 Å². The van der Waals surface area contributed by atoms with E-state index in [-0.39, 0.29) is 30.2 Å². The quantitative estimate of drug-likeness (QED) is 0.337. The van der Waals surface area contributed by atoms with Gasteiger partial charge in [-0.05, 0) is 79.3 Å². The Morgan fingerprint density at radius 2 is 1.73 bits per heavy atom. The Kier molecular flexibility index (Phi) is 7.79. The van der Waals surface area contributed by atoms with E-state index in [2.05, 4.69) is 11.4 Å². The fourth-order valence-electron chi connectivity index (χ4n) is 5.54.